The first-order valence-electron chi connectivity index (χ1n) is 6.69. The quantitative estimate of drug-likeness (QED) is 0.653. The summed E-state index contributed by atoms with van der Waals surface area (Å²) in [4.78, 5) is 0. The first-order chi connectivity index (χ1) is 7.70. The van der Waals surface area contributed by atoms with Crippen LogP contribution in [0.1, 0.15) is 39.5 Å². The van der Waals surface area contributed by atoms with Crippen LogP contribution in [0.4, 0.5) is 0 Å². The highest BCUT2D eigenvalue weighted by Crippen LogP contribution is 2.28. The Labute approximate surface area is 100 Å². The van der Waals surface area contributed by atoms with Gasteiger partial charge in [-0.25, -0.2) is 0 Å². The van der Waals surface area contributed by atoms with E-state index in [1.165, 1.54) is 25.7 Å². The van der Waals surface area contributed by atoms with Crippen LogP contribution < -0.4 is 11.1 Å². The van der Waals surface area contributed by atoms with Crippen molar-refractivity contribution in [1.82, 2.24) is 5.32 Å². The van der Waals surface area contributed by atoms with Gasteiger partial charge in [0.05, 0.1) is 0 Å². The molecule has 0 aromatic carbocycles. The lowest BCUT2D eigenvalue weighted by Gasteiger charge is -2.33. The van der Waals surface area contributed by atoms with E-state index < -0.39 is 0 Å². The molecular formula is C13H28N2O. The second-order valence-corrected chi connectivity index (χ2v) is 5.40. The van der Waals surface area contributed by atoms with Gasteiger partial charge in [-0.1, -0.05) is 20.3 Å². The molecule has 1 rings (SSSR count). The zero-order valence-electron chi connectivity index (χ0n) is 10.9. The molecule has 0 spiro atoms. The molecule has 16 heavy (non-hydrogen) atoms. The second kappa shape index (κ2) is 7.25. The molecule has 1 fully saturated rings. The van der Waals surface area contributed by atoms with E-state index in [-0.39, 0.29) is 0 Å². The average Bonchev–Trinajstić information content (AvgIpc) is 2.30. The molecule has 0 aliphatic carbocycles. The van der Waals surface area contributed by atoms with Crippen molar-refractivity contribution in [3.63, 3.8) is 0 Å². The van der Waals surface area contributed by atoms with E-state index >= 15 is 0 Å². The van der Waals surface area contributed by atoms with Gasteiger partial charge in [0.15, 0.2) is 0 Å². The van der Waals surface area contributed by atoms with E-state index in [0.717, 1.165) is 32.8 Å². The smallest absolute Gasteiger partial charge is 0.0471 e. The monoisotopic (exact) mass is 228 g/mol. The van der Waals surface area contributed by atoms with Crippen LogP contribution in [0.15, 0.2) is 0 Å². The first kappa shape index (κ1) is 13.9. The molecular weight excluding hydrogens is 200 g/mol. The minimum absolute atomic E-state index is 0.447. The summed E-state index contributed by atoms with van der Waals surface area (Å²) in [5.41, 5.74) is 6.14. The van der Waals surface area contributed by atoms with Crippen LogP contribution in [0.25, 0.3) is 0 Å². The molecule has 3 N–H and O–H groups in total. The molecule has 0 radical (unpaired) electrons. The van der Waals surface area contributed by atoms with Crippen molar-refractivity contribution in [3.05, 3.63) is 0 Å². The molecule has 3 nitrogen and oxygen atoms in total. The molecule has 1 aliphatic rings. The molecule has 3 heteroatoms. The molecule has 1 aliphatic heterocycles. The van der Waals surface area contributed by atoms with Gasteiger partial charge >= 0.3 is 0 Å². The standard InChI is InChI=1S/C13H28N2O/c1-3-12(10-14)4-7-15-11-13(2)5-8-16-9-6-13/h12,15H,3-11,14H2,1-2H3. The van der Waals surface area contributed by atoms with E-state index in [0.29, 0.717) is 11.3 Å². The summed E-state index contributed by atoms with van der Waals surface area (Å²) < 4.78 is 5.40. The summed E-state index contributed by atoms with van der Waals surface area (Å²) in [6, 6.07) is 0. The zero-order chi connectivity index (χ0) is 11.9. The molecule has 1 heterocycles. The van der Waals surface area contributed by atoms with Crippen molar-refractivity contribution in [2.45, 2.75) is 39.5 Å². The molecule has 0 aromatic rings. The Bertz CT molecular complexity index is 175. The summed E-state index contributed by atoms with van der Waals surface area (Å²) in [5, 5.41) is 3.58. The predicted molar refractivity (Wildman–Crippen MR) is 68.5 cm³/mol. The van der Waals surface area contributed by atoms with Gasteiger partial charge in [-0.3, -0.25) is 0 Å². The third-order valence-electron chi connectivity index (χ3n) is 3.89. The Morgan fingerprint density at radius 1 is 1.38 bits per heavy atom. The van der Waals surface area contributed by atoms with Crippen LogP contribution in [0.3, 0.4) is 0 Å². The van der Waals surface area contributed by atoms with Gasteiger partial charge in [0.2, 0.25) is 0 Å². The van der Waals surface area contributed by atoms with Crippen molar-refractivity contribution in [3.8, 4) is 0 Å². The summed E-state index contributed by atoms with van der Waals surface area (Å²) in [6.45, 7) is 9.49. The SMILES string of the molecule is CCC(CN)CCNCC1(C)CCOCC1. The number of ether oxygens (including phenoxy) is 1. The Kier molecular flexibility index (Phi) is 6.32. The molecule has 96 valence electrons. The lowest BCUT2D eigenvalue weighted by atomic mass is 9.82. The molecule has 1 unspecified atom stereocenters. The van der Waals surface area contributed by atoms with Crippen LogP contribution in [0, 0.1) is 11.3 Å². The molecule has 1 saturated heterocycles. The highest BCUT2D eigenvalue weighted by molar-refractivity contribution is 4.79. The number of rotatable bonds is 7. The molecule has 0 saturated carbocycles. The lowest BCUT2D eigenvalue weighted by Crippen LogP contribution is -2.37. The second-order valence-electron chi connectivity index (χ2n) is 5.40. The average molecular weight is 228 g/mol. The van der Waals surface area contributed by atoms with E-state index in [9.17, 15) is 0 Å². The summed E-state index contributed by atoms with van der Waals surface area (Å²) in [5.74, 6) is 0.690. The largest absolute Gasteiger partial charge is 0.381 e. The minimum atomic E-state index is 0.447. The van der Waals surface area contributed by atoms with Gasteiger partial charge in [-0.2, -0.15) is 0 Å². The van der Waals surface area contributed by atoms with Crippen LogP contribution >= 0.6 is 0 Å². The molecule has 0 amide bonds. The Hall–Kier alpha value is -0.120. The van der Waals surface area contributed by atoms with E-state index in [1.54, 1.807) is 0 Å². The fraction of sp³-hybridized carbons (Fsp3) is 1.00. The number of hydrogen-bond acceptors (Lipinski definition) is 3. The van der Waals surface area contributed by atoms with Gasteiger partial charge < -0.3 is 15.8 Å². The third kappa shape index (κ3) is 4.81. The van der Waals surface area contributed by atoms with Crippen LogP contribution in [-0.2, 0) is 4.74 Å². The topological polar surface area (TPSA) is 47.3 Å². The maximum Gasteiger partial charge on any atom is 0.0471 e. The van der Waals surface area contributed by atoms with Crippen molar-refractivity contribution in [2.75, 3.05) is 32.8 Å². The van der Waals surface area contributed by atoms with Crippen LogP contribution in [-0.4, -0.2) is 32.8 Å². The normalized spacial score (nSPS) is 21.9. The van der Waals surface area contributed by atoms with Crippen molar-refractivity contribution in [1.29, 1.82) is 0 Å². The number of nitrogens with one attached hydrogen (secondary N) is 1. The van der Waals surface area contributed by atoms with E-state index in [2.05, 4.69) is 19.2 Å². The van der Waals surface area contributed by atoms with Crippen molar-refractivity contribution < 1.29 is 4.74 Å². The number of hydrogen-bond donors (Lipinski definition) is 2. The van der Waals surface area contributed by atoms with Gasteiger partial charge in [-0.05, 0) is 43.7 Å². The minimum Gasteiger partial charge on any atom is -0.381 e. The van der Waals surface area contributed by atoms with Gasteiger partial charge in [-0.15, -0.1) is 0 Å². The van der Waals surface area contributed by atoms with Crippen molar-refractivity contribution >= 4 is 0 Å². The van der Waals surface area contributed by atoms with Gasteiger partial charge in [0.1, 0.15) is 0 Å². The highest BCUT2D eigenvalue weighted by atomic mass is 16.5. The molecule has 0 bridgehead atoms. The van der Waals surface area contributed by atoms with E-state index in [4.69, 9.17) is 10.5 Å². The summed E-state index contributed by atoms with van der Waals surface area (Å²) >= 11 is 0. The maximum atomic E-state index is 5.69. The number of nitrogens with two attached hydrogens (primary N) is 1. The molecule has 1 atom stereocenters. The van der Waals surface area contributed by atoms with Gasteiger partial charge in [0, 0.05) is 19.8 Å². The Balaban J connectivity index is 2.09. The Morgan fingerprint density at radius 2 is 2.06 bits per heavy atom. The van der Waals surface area contributed by atoms with Crippen LogP contribution in [0.2, 0.25) is 0 Å². The summed E-state index contributed by atoms with van der Waals surface area (Å²) in [7, 11) is 0. The zero-order valence-corrected chi connectivity index (χ0v) is 10.9. The Morgan fingerprint density at radius 3 is 2.62 bits per heavy atom. The van der Waals surface area contributed by atoms with E-state index in [1.807, 2.05) is 0 Å². The highest BCUT2D eigenvalue weighted by Gasteiger charge is 2.26. The first-order valence-corrected chi connectivity index (χ1v) is 6.69. The fourth-order valence-electron chi connectivity index (χ4n) is 2.23. The van der Waals surface area contributed by atoms with Gasteiger partial charge in [0.25, 0.3) is 0 Å². The van der Waals surface area contributed by atoms with Crippen LogP contribution in [0.5, 0.6) is 0 Å². The predicted octanol–water partition coefficient (Wildman–Crippen LogP) is 1.77. The van der Waals surface area contributed by atoms with Crippen molar-refractivity contribution in [2.24, 2.45) is 17.1 Å². The third-order valence-corrected chi connectivity index (χ3v) is 3.89. The fourth-order valence-corrected chi connectivity index (χ4v) is 2.23. The summed E-state index contributed by atoms with van der Waals surface area (Å²) in [6.07, 6.45) is 4.78. The molecule has 0 aromatic heterocycles. The maximum absolute atomic E-state index is 5.69. The lowest BCUT2D eigenvalue weighted by molar-refractivity contribution is 0.0241.